The fourth-order valence-corrected chi connectivity index (χ4v) is 2.87. The maximum atomic E-state index is 12.5. The van der Waals surface area contributed by atoms with Crippen molar-refractivity contribution in [1.29, 1.82) is 0 Å². The highest BCUT2D eigenvalue weighted by molar-refractivity contribution is 6.03. The van der Waals surface area contributed by atoms with Crippen LogP contribution in [0.25, 0.3) is 0 Å². The lowest BCUT2D eigenvalue weighted by Gasteiger charge is -2.21. The van der Waals surface area contributed by atoms with Gasteiger partial charge in [-0.3, -0.25) is 4.79 Å². The van der Waals surface area contributed by atoms with E-state index in [1.165, 1.54) is 12.0 Å². The number of carbonyl (C=O) groups is 1. The third kappa shape index (κ3) is 4.85. The Hall–Kier alpha value is -3.41. The molecule has 0 saturated heterocycles. The lowest BCUT2D eigenvalue weighted by molar-refractivity contribution is 0.102. The van der Waals surface area contributed by atoms with Crippen molar-refractivity contribution in [2.75, 3.05) is 28.6 Å². The highest BCUT2D eigenvalue weighted by atomic mass is 16.1. The summed E-state index contributed by atoms with van der Waals surface area (Å²) in [7, 11) is 0. The summed E-state index contributed by atoms with van der Waals surface area (Å²) in [6, 6.07) is 17.4. The summed E-state index contributed by atoms with van der Waals surface area (Å²) in [5, 5.41) is 6.07. The van der Waals surface area contributed by atoms with Crippen LogP contribution in [-0.2, 0) is 0 Å². The van der Waals surface area contributed by atoms with Crippen LogP contribution < -0.4 is 15.5 Å². The second-order valence-electron chi connectivity index (χ2n) is 6.45. The zero-order valence-electron chi connectivity index (χ0n) is 16.4. The number of nitrogens with zero attached hydrogens (tertiary/aromatic N) is 3. The SMILES string of the molecule is CCN(CC)c1ccc(Nc2cc(C(=O)Nc3ccc(C)cc3)ncn2)cc1. The van der Waals surface area contributed by atoms with Gasteiger partial charge < -0.3 is 15.5 Å². The van der Waals surface area contributed by atoms with Crippen molar-refractivity contribution in [1.82, 2.24) is 9.97 Å². The molecule has 0 spiro atoms. The van der Waals surface area contributed by atoms with E-state index in [4.69, 9.17) is 0 Å². The van der Waals surface area contributed by atoms with Gasteiger partial charge in [-0.15, -0.1) is 0 Å². The summed E-state index contributed by atoms with van der Waals surface area (Å²) in [5.41, 5.74) is 4.25. The minimum Gasteiger partial charge on any atom is -0.372 e. The fourth-order valence-electron chi connectivity index (χ4n) is 2.87. The van der Waals surface area contributed by atoms with Crippen LogP contribution in [0.2, 0.25) is 0 Å². The molecule has 0 aliphatic heterocycles. The Balaban J connectivity index is 1.69. The Bertz CT molecular complexity index is 918. The quantitative estimate of drug-likeness (QED) is 0.630. The van der Waals surface area contributed by atoms with E-state index in [9.17, 15) is 4.79 Å². The van der Waals surface area contributed by atoms with Crippen LogP contribution in [0, 0.1) is 6.92 Å². The minimum absolute atomic E-state index is 0.272. The van der Waals surface area contributed by atoms with Crippen molar-refractivity contribution < 1.29 is 4.79 Å². The number of carbonyl (C=O) groups excluding carboxylic acids is 1. The van der Waals surface area contributed by atoms with Crippen LogP contribution in [0.4, 0.5) is 22.9 Å². The molecule has 0 unspecified atom stereocenters. The van der Waals surface area contributed by atoms with Crippen LogP contribution >= 0.6 is 0 Å². The van der Waals surface area contributed by atoms with Crippen LogP contribution in [0.15, 0.2) is 60.9 Å². The van der Waals surface area contributed by atoms with E-state index >= 15 is 0 Å². The maximum absolute atomic E-state index is 12.5. The molecule has 0 fully saturated rings. The van der Waals surface area contributed by atoms with Gasteiger partial charge in [0.05, 0.1) is 0 Å². The van der Waals surface area contributed by atoms with E-state index in [1.807, 2.05) is 43.3 Å². The third-order valence-electron chi connectivity index (χ3n) is 4.48. The molecule has 2 N–H and O–H groups in total. The summed E-state index contributed by atoms with van der Waals surface area (Å²) in [6.45, 7) is 8.21. The predicted octanol–water partition coefficient (Wildman–Crippen LogP) is 4.63. The summed E-state index contributed by atoms with van der Waals surface area (Å²) in [5.74, 6) is 0.297. The second kappa shape index (κ2) is 8.99. The first-order valence-electron chi connectivity index (χ1n) is 9.41. The number of benzene rings is 2. The van der Waals surface area contributed by atoms with E-state index in [-0.39, 0.29) is 5.91 Å². The van der Waals surface area contributed by atoms with Gasteiger partial charge in [0.15, 0.2) is 0 Å². The molecule has 144 valence electrons. The van der Waals surface area contributed by atoms with Gasteiger partial charge in [-0.1, -0.05) is 17.7 Å². The molecule has 0 atom stereocenters. The first-order valence-corrected chi connectivity index (χ1v) is 9.41. The van der Waals surface area contributed by atoms with Gasteiger partial charge in [0.25, 0.3) is 5.91 Å². The van der Waals surface area contributed by atoms with Crippen molar-refractivity contribution in [3.63, 3.8) is 0 Å². The molecule has 28 heavy (non-hydrogen) atoms. The Kier molecular flexibility index (Phi) is 6.22. The predicted molar refractivity (Wildman–Crippen MR) is 114 cm³/mol. The van der Waals surface area contributed by atoms with Crippen molar-refractivity contribution in [3.05, 3.63) is 72.2 Å². The number of aromatic nitrogens is 2. The van der Waals surface area contributed by atoms with Crippen LogP contribution in [-0.4, -0.2) is 29.0 Å². The molecule has 3 rings (SSSR count). The average molecular weight is 375 g/mol. The van der Waals surface area contributed by atoms with Crippen LogP contribution in [0.1, 0.15) is 29.9 Å². The molecule has 1 amide bonds. The zero-order chi connectivity index (χ0) is 19.9. The summed E-state index contributed by atoms with van der Waals surface area (Å²) in [6.07, 6.45) is 1.39. The zero-order valence-corrected chi connectivity index (χ0v) is 16.4. The normalized spacial score (nSPS) is 10.4. The van der Waals surface area contributed by atoms with Crippen molar-refractivity contribution >= 4 is 28.8 Å². The molecule has 6 heteroatoms. The Morgan fingerprint density at radius 1 is 0.929 bits per heavy atom. The monoisotopic (exact) mass is 375 g/mol. The topological polar surface area (TPSA) is 70.2 Å². The summed E-state index contributed by atoms with van der Waals surface area (Å²) < 4.78 is 0. The molecule has 0 saturated carbocycles. The number of amides is 1. The number of anilines is 4. The Morgan fingerprint density at radius 3 is 2.21 bits per heavy atom. The lowest BCUT2D eigenvalue weighted by atomic mass is 10.2. The maximum Gasteiger partial charge on any atom is 0.274 e. The molecule has 0 radical (unpaired) electrons. The van der Waals surface area contributed by atoms with Crippen LogP contribution in [0.5, 0.6) is 0 Å². The smallest absolute Gasteiger partial charge is 0.274 e. The fraction of sp³-hybridized carbons (Fsp3) is 0.227. The average Bonchev–Trinajstić information content (AvgIpc) is 2.72. The molecule has 1 aromatic heterocycles. The first-order chi connectivity index (χ1) is 13.6. The number of rotatable bonds is 7. The molecular weight excluding hydrogens is 350 g/mol. The van der Waals surface area contributed by atoms with E-state index in [0.29, 0.717) is 11.5 Å². The molecule has 0 aliphatic rings. The van der Waals surface area contributed by atoms with Gasteiger partial charge in [0.2, 0.25) is 0 Å². The van der Waals surface area contributed by atoms with Gasteiger partial charge in [-0.25, -0.2) is 9.97 Å². The molecule has 0 bridgehead atoms. The molecule has 1 heterocycles. The highest BCUT2D eigenvalue weighted by Gasteiger charge is 2.10. The Morgan fingerprint density at radius 2 is 1.57 bits per heavy atom. The number of aryl methyl sites for hydroxylation is 1. The third-order valence-corrected chi connectivity index (χ3v) is 4.48. The summed E-state index contributed by atoms with van der Waals surface area (Å²) >= 11 is 0. The van der Waals surface area contributed by atoms with Gasteiger partial charge >= 0.3 is 0 Å². The van der Waals surface area contributed by atoms with Crippen molar-refractivity contribution in [2.24, 2.45) is 0 Å². The van der Waals surface area contributed by atoms with Crippen LogP contribution in [0.3, 0.4) is 0 Å². The Labute approximate surface area is 165 Å². The van der Waals surface area contributed by atoms with Gasteiger partial charge in [-0.2, -0.15) is 0 Å². The molecule has 2 aromatic carbocycles. The molecule has 0 aliphatic carbocycles. The number of nitrogens with one attached hydrogen (secondary N) is 2. The van der Waals surface area contributed by atoms with Crippen molar-refractivity contribution in [2.45, 2.75) is 20.8 Å². The van der Waals surface area contributed by atoms with E-state index in [1.54, 1.807) is 6.07 Å². The largest absolute Gasteiger partial charge is 0.372 e. The lowest BCUT2D eigenvalue weighted by Crippen LogP contribution is -2.21. The van der Waals surface area contributed by atoms with E-state index in [2.05, 4.69) is 51.5 Å². The molecular formula is C22H25N5O. The van der Waals surface area contributed by atoms with Gasteiger partial charge in [0, 0.05) is 36.2 Å². The first kappa shape index (κ1) is 19.4. The van der Waals surface area contributed by atoms with E-state index < -0.39 is 0 Å². The minimum atomic E-state index is -0.272. The molecule has 6 nitrogen and oxygen atoms in total. The summed E-state index contributed by atoms with van der Waals surface area (Å²) in [4.78, 5) is 23.0. The standard InChI is InChI=1S/C22H25N5O/c1-4-27(5-2)19-12-10-17(11-13-19)25-21-14-20(23-15-24-21)22(28)26-18-8-6-16(3)7-9-18/h6-15H,4-5H2,1-3H3,(H,26,28)(H,23,24,25). The molecule has 3 aromatic rings. The number of hydrogen-bond donors (Lipinski definition) is 2. The van der Waals surface area contributed by atoms with Gasteiger partial charge in [0.1, 0.15) is 17.8 Å². The van der Waals surface area contributed by atoms with Crippen molar-refractivity contribution in [3.8, 4) is 0 Å². The number of hydrogen-bond acceptors (Lipinski definition) is 5. The van der Waals surface area contributed by atoms with Gasteiger partial charge in [-0.05, 0) is 57.2 Å². The second-order valence-corrected chi connectivity index (χ2v) is 6.45. The highest BCUT2D eigenvalue weighted by Crippen LogP contribution is 2.20. The van der Waals surface area contributed by atoms with E-state index in [0.717, 1.165) is 30.0 Å².